The molecule has 0 saturated carbocycles. The molecule has 0 unspecified atom stereocenters. The molecule has 0 aliphatic rings. The molecular weight excluding hydrogens is 376 g/mol. The first-order valence-corrected chi connectivity index (χ1v) is 10.7. The zero-order chi connectivity index (χ0) is 22.1. The second-order valence-electron chi connectivity index (χ2n) is 8.16. The highest BCUT2D eigenvalue weighted by atomic mass is 16.6. The van der Waals surface area contributed by atoms with Crippen molar-refractivity contribution in [2.24, 2.45) is 11.7 Å². The average Bonchev–Trinajstić information content (AvgIpc) is 2.71. The fourth-order valence-corrected chi connectivity index (χ4v) is 3.19. The number of nitrogens with zero attached hydrogens (tertiary/aromatic N) is 1. The lowest BCUT2D eigenvalue weighted by Crippen LogP contribution is -2.33. The molecule has 5 heteroatoms. The standard InChI is InChI=1S/C25H34N2O3/c1-5-6-15-30-25(29)27(14-13-18(2)3)17-20-7-9-21(10-8-20)23-12-11-22(24(26)28)16-19(23)4/h7-12,16,18H,5-6,13-15,17H2,1-4H3,(H2,26,28). The van der Waals surface area contributed by atoms with Crippen molar-refractivity contribution in [3.05, 3.63) is 59.2 Å². The van der Waals surface area contributed by atoms with Gasteiger partial charge in [-0.15, -0.1) is 0 Å². The maximum absolute atomic E-state index is 12.5. The van der Waals surface area contributed by atoms with Crippen molar-refractivity contribution in [1.82, 2.24) is 4.90 Å². The van der Waals surface area contributed by atoms with E-state index in [4.69, 9.17) is 10.5 Å². The second-order valence-corrected chi connectivity index (χ2v) is 8.16. The molecule has 0 heterocycles. The van der Waals surface area contributed by atoms with E-state index in [9.17, 15) is 9.59 Å². The molecule has 2 N–H and O–H groups in total. The zero-order valence-electron chi connectivity index (χ0n) is 18.6. The topological polar surface area (TPSA) is 72.6 Å². The van der Waals surface area contributed by atoms with E-state index in [1.807, 2.05) is 43.3 Å². The molecule has 2 aromatic carbocycles. The van der Waals surface area contributed by atoms with Gasteiger partial charge < -0.3 is 15.4 Å². The molecule has 0 spiro atoms. The van der Waals surface area contributed by atoms with Crippen LogP contribution in [0.4, 0.5) is 4.79 Å². The summed E-state index contributed by atoms with van der Waals surface area (Å²) in [6, 6.07) is 13.7. The van der Waals surface area contributed by atoms with E-state index < -0.39 is 5.91 Å². The molecule has 5 nitrogen and oxygen atoms in total. The van der Waals surface area contributed by atoms with E-state index >= 15 is 0 Å². The summed E-state index contributed by atoms with van der Waals surface area (Å²) < 4.78 is 5.44. The van der Waals surface area contributed by atoms with Crippen molar-refractivity contribution in [2.45, 2.75) is 53.5 Å². The Bertz CT molecular complexity index is 844. The number of hydrogen-bond donors (Lipinski definition) is 1. The fourth-order valence-electron chi connectivity index (χ4n) is 3.19. The predicted molar refractivity (Wildman–Crippen MR) is 121 cm³/mol. The van der Waals surface area contributed by atoms with Gasteiger partial charge in [0.1, 0.15) is 0 Å². The Hall–Kier alpha value is -2.82. The largest absolute Gasteiger partial charge is 0.449 e. The van der Waals surface area contributed by atoms with Gasteiger partial charge in [0.25, 0.3) is 0 Å². The lowest BCUT2D eigenvalue weighted by Gasteiger charge is -2.23. The molecule has 0 fully saturated rings. The summed E-state index contributed by atoms with van der Waals surface area (Å²) in [7, 11) is 0. The van der Waals surface area contributed by atoms with Crippen LogP contribution in [-0.2, 0) is 11.3 Å². The maximum Gasteiger partial charge on any atom is 0.410 e. The number of primary amides is 1. The van der Waals surface area contributed by atoms with Gasteiger partial charge in [-0.3, -0.25) is 4.79 Å². The third-order valence-electron chi connectivity index (χ3n) is 5.11. The zero-order valence-corrected chi connectivity index (χ0v) is 18.6. The van der Waals surface area contributed by atoms with E-state index in [0.717, 1.165) is 41.5 Å². The van der Waals surface area contributed by atoms with Crippen LogP contribution in [0.1, 0.15) is 61.5 Å². The summed E-state index contributed by atoms with van der Waals surface area (Å²) in [5, 5.41) is 0. The first-order valence-electron chi connectivity index (χ1n) is 10.7. The smallest absolute Gasteiger partial charge is 0.410 e. The molecule has 2 amide bonds. The summed E-state index contributed by atoms with van der Waals surface area (Å²) in [5.41, 5.74) is 10.0. The summed E-state index contributed by atoms with van der Waals surface area (Å²) in [6.45, 7) is 10.0. The van der Waals surface area contributed by atoms with Gasteiger partial charge >= 0.3 is 6.09 Å². The van der Waals surface area contributed by atoms with Crippen molar-refractivity contribution in [3.8, 4) is 11.1 Å². The molecule has 0 saturated heterocycles. The molecule has 0 atom stereocenters. The molecule has 0 aromatic heterocycles. The first kappa shape index (κ1) is 23.5. The highest BCUT2D eigenvalue weighted by molar-refractivity contribution is 5.93. The number of rotatable bonds is 10. The van der Waals surface area contributed by atoms with Crippen molar-refractivity contribution in [3.63, 3.8) is 0 Å². The Kier molecular flexibility index (Phi) is 8.90. The van der Waals surface area contributed by atoms with E-state index in [2.05, 4.69) is 20.8 Å². The van der Waals surface area contributed by atoms with Crippen LogP contribution >= 0.6 is 0 Å². The second kappa shape index (κ2) is 11.4. The Labute approximate surface area is 180 Å². The minimum Gasteiger partial charge on any atom is -0.449 e. The monoisotopic (exact) mass is 410 g/mol. The summed E-state index contributed by atoms with van der Waals surface area (Å²) >= 11 is 0. The minimum absolute atomic E-state index is 0.244. The van der Waals surface area contributed by atoms with Crippen LogP contribution in [0.5, 0.6) is 0 Å². The molecule has 2 rings (SSSR count). The van der Waals surface area contributed by atoms with E-state index in [1.165, 1.54) is 0 Å². The lowest BCUT2D eigenvalue weighted by atomic mass is 9.97. The predicted octanol–water partition coefficient (Wildman–Crippen LogP) is 5.55. The number of nitrogens with two attached hydrogens (primary N) is 1. The number of aryl methyl sites for hydroxylation is 1. The molecule has 30 heavy (non-hydrogen) atoms. The molecule has 2 aromatic rings. The Morgan fingerprint density at radius 2 is 1.80 bits per heavy atom. The van der Waals surface area contributed by atoms with Crippen molar-refractivity contribution in [1.29, 1.82) is 0 Å². The Balaban J connectivity index is 2.12. The normalized spacial score (nSPS) is 10.8. The highest BCUT2D eigenvalue weighted by Crippen LogP contribution is 2.25. The van der Waals surface area contributed by atoms with Gasteiger partial charge in [-0.2, -0.15) is 0 Å². The quantitative estimate of drug-likeness (QED) is 0.522. The molecule has 0 radical (unpaired) electrons. The number of unbranched alkanes of at least 4 members (excludes halogenated alkanes) is 1. The van der Waals surface area contributed by atoms with Gasteiger partial charge in [0.05, 0.1) is 6.61 Å². The number of benzene rings is 2. The summed E-state index contributed by atoms with van der Waals surface area (Å²) in [6.07, 6.45) is 2.57. The van der Waals surface area contributed by atoms with E-state index in [0.29, 0.717) is 31.2 Å². The van der Waals surface area contributed by atoms with Gasteiger partial charge in [0, 0.05) is 18.7 Å². The number of ether oxygens (including phenoxy) is 1. The third kappa shape index (κ3) is 6.90. The van der Waals surface area contributed by atoms with Gasteiger partial charge in [0.2, 0.25) is 5.91 Å². The Morgan fingerprint density at radius 1 is 1.10 bits per heavy atom. The number of carbonyl (C=O) groups is 2. The molecular formula is C25H34N2O3. The van der Waals surface area contributed by atoms with E-state index in [-0.39, 0.29) is 6.09 Å². The van der Waals surface area contributed by atoms with Crippen LogP contribution in [-0.4, -0.2) is 30.1 Å². The van der Waals surface area contributed by atoms with Gasteiger partial charge in [-0.1, -0.05) is 57.5 Å². The first-order chi connectivity index (χ1) is 14.3. The average molecular weight is 411 g/mol. The van der Waals surface area contributed by atoms with Crippen LogP contribution in [0.3, 0.4) is 0 Å². The summed E-state index contributed by atoms with van der Waals surface area (Å²) in [4.78, 5) is 25.7. The van der Waals surface area contributed by atoms with Crippen LogP contribution in [0.2, 0.25) is 0 Å². The maximum atomic E-state index is 12.5. The van der Waals surface area contributed by atoms with Crippen LogP contribution < -0.4 is 5.73 Å². The molecule has 0 bridgehead atoms. The molecule has 0 aliphatic heterocycles. The van der Waals surface area contributed by atoms with Crippen molar-refractivity contribution < 1.29 is 14.3 Å². The number of carbonyl (C=O) groups excluding carboxylic acids is 2. The van der Waals surface area contributed by atoms with Crippen LogP contribution in [0, 0.1) is 12.8 Å². The SMILES string of the molecule is CCCCOC(=O)N(CCC(C)C)Cc1ccc(-c2ccc(C(N)=O)cc2C)cc1. The minimum atomic E-state index is -0.424. The van der Waals surface area contributed by atoms with Crippen molar-refractivity contribution in [2.75, 3.05) is 13.2 Å². The third-order valence-corrected chi connectivity index (χ3v) is 5.11. The molecule has 0 aliphatic carbocycles. The lowest BCUT2D eigenvalue weighted by molar-refractivity contribution is 0.0965. The van der Waals surface area contributed by atoms with Crippen LogP contribution in [0.25, 0.3) is 11.1 Å². The highest BCUT2D eigenvalue weighted by Gasteiger charge is 2.16. The molecule has 162 valence electrons. The summed E-state index contributed by atoms with van der Waals surface area (Å²) in [5.74, 6) is 0.0944. The Morgan fingerprint density at radius 3 is 2.37 bits per heavy atom. The van der Waals surface area contributed by atoms with Gasteiger partial charge in [0.15, 0.2) is 0 Å². The van der Waals surface area contributed by atoms with Gasteiger partial charge in [-0.25, -0.2) is 4.79 Å². The number of hydrogen-bond acceptors (Lipinski definition) is 3. The van der Waals surface area contributed by atoms with Gasteiger partial charge in [-0.05, 0) is 60.1 Å². The fraction of sp³-hybridized carbons (Fsp3) is 0.440. The van der Waals surface area contributed by atoms with E-state index in [1.54, 1.807) is 11.0 Å². The number of amides is 2. The van der Waals surface area contributed by atoms with Crippen molar-refractivity contribution >= 4 is 12.0 Å². The van der Waals surface area contributed by atoms with Crippen LogP contribution in [0.15, 0.2) is 42.5 Å².